The number of hydrogen-bond donors (Lipinski definition) is 1. The van der Waals surface area contributed by atoms with Gasteiger partial charge in [-0.2, -0.15) is 13.2 Å². The van der Waals surface area contributed by atoms with E-state index in [0.29, 0.717) is 16.0 Å². The minimum absolute atomic E-state index is 0.301. The molecule has 1 aliphatic rings. The highest BCUT2D eigenvalue weighted by atomic mass is 32.1. The van der Waals surface area contributed by atoms with Gasteiger partial charge < -0.3 is 5.32 Å². The average Bonchev–Trinajstić information content (AvgIpc) is 3.14. The maximum absolute atomic E-state index is 13.5. The lowest BCUT2D eigenvalue weighted by atomic mass is 9.83. The molecule has 1 heterocycles. The third-order valence-corrected chi connectivity index (χ3v) is 7.39. The molecule has 5 heteroatoms. The van der Waals surface area contributed by atoms with Crippen LogP contribution in [-0.2, 0) is 6.18 Å². The Morgan fingerprint density at radius 1 is 0.733 bits per heavy atom. The predicted octanol–water partition coefficient (Wildman–Crippen LogP) is 8.86. The van der Waals surface area contributed by atoms with Crippen molar-refractivity contribution in [3.8, 4) is 0 Å². The second kappa shape index (κ2) is 7.62. The van der Waals surface area contributed by atoms with E-state index in [0.717, 1.165) is 21.5 Å². The molecule has 0 spiro atoms. The summed E-state index contributed by atoms with van der Waals surface area (Å²) < 4.78 is 41.8. The van der Waals surface area contributed by atoms with Crippen LogP contribution < -0.4 is 5.32 Å². The molecule has 30 heavy (non-hydrogen) atoms. The largest absolute Gasteiger partial charge is 0.417 e. The number of alkyl halides is 3. The minimum atomic E-state index is -4.36. The number of para-hydroxylation sites is 1. The van der Waals surface area contributed by atoms with Crippen LogP contribution in [0.5, 0.6) is 0 Å². The van der Waals surface area contributed by atoms with Gasteiger partial charge in [-0.25, -0.2) is 0 Å². The maximum atomic E-state index is 13.5. The van der Waals surface area contributed by atoms with Crippen molar-refractivity contribution in [1.29, 1.82) is 0 Å². The fourth-order valence-corrected chi connectivity index (χ4v) is 5.97. The molecule has 1 aliphatic carbocycles. The van der Waals surface area contributed by atoms with Gasteiger partial charge in [-0.15, -0.1) is 11.3 Å². The van der Waals surface area contributed by atoms with Crippen LogP contribution in [-0.4, -0.2) is 0 Å². The summed E-state index contributed by atoms with van der Waals surface area (Å²) in [6, 6.07) is 18.6. The first-order chi connectivity index (χ1) is 14.5. The Morgan fingerprint density at radius 2 is 1.40 bits per heavy atom. The quantitative estimate of drug-likeness (QED) is 0.346. The molecule has 1 fully saturated rings. The first-order valence-corrected chi connectivity index (χ1v) is 11.2. The summed E-state index contributed by atoms with van der Waals surface area (Å²) >= 11 is 1.22. The molecule has 1 nitrogen and oxygen atoms in total. The van der Waals surface area contributed by atoms with Gasteiger partial charge in [-0.05, 0) is 42.5 Å². The number of anilines is 2. The molecule has 0 saturated heterocycles. The Kier molecular flexibility index (Phi) is 4.94. The molecular weight excluding hydrogens is 403 g/mol. The van der Waals surface area contributed by atoms with E-state index in [-0.39, 0.29) is 0 Å². The minimum Gasteiger partial charge on any atom is -0.354 e. The molecule has 3 aromatic carbocycles. The first kappa shape index (κ1) is 19.4. The van der Waals surface area contributed by atoms with E-state index < -0.39 is 11.7 Å². The second-order valence-corrected chi connectivity index (χ2v) is 9.03. The van der Waals surface area contributed by atoms with E-state index in [1.165, 1.54) is 61.1 Å². The van der Waals surface area contributed by atoms with Crippen LogP contribution in [0.3, 0.4) is 0 Å². The zero-order valence-electron chi connectivity index (χ0n) is 16.4. The zero-order valence-corrected chi connectivity index (χ0v) is 17.2. The van der Waals surface area contributed by atoms with E-state index in [2.05, 4.69) is 23.5 Å². The third kappa shape index (κ3) is 3.45. The molecule has 1 saturated carbocycles. The highest BCUT2D eigenvalue weighted by Gasteiger charge is 2.33. The lowest BCUT2D eigenvalue weighted by Crippen LogP contribution is -2.07. The molecule has 1 aromatic heterocycles. The number of benzene rings is 3. The predicted molar refractivity (Wildman–Crippen MR) is 120 cm³/mol. The fourth-order valence-electron chi connectivity index (χ4n) is 4.67. The number of rotatable bonds is 3. The van der Waals surface area contributed by atoms with Crippen molar-refractivity contribution < 1.29 is 13.2 Å². The molecule has 4 aromatic rings. The second-order valence-electron chi connectivity index (χ2n) is 8.01. The van der Waals surface area contributed by atoms with Gasteiger partial charge in [0.05, 0.1) is 16.0 Å². The van der Waals surface area contributed by atoms with Gasteiger partial charge in [0.2, 0.25) is 0 Å². The van der Waals surface area contributed by atoms with Crippen LogP contribution in [0.1, 0.15) is 49.1 Å². The number of fused-ring (bicyclic) bond motifs is 3. The lowest BCUT2D eigenvalue weighted by Gasteiger charge is -2.24. The van der Waals surface area contributed by atoms with Crippen LogP contribution in [0.2, 0.25) is 0 Å². The smallest absolute Gasteiger partial charge is 0.354 e. The van der Waals surface area contributed by atoms with Crippen molar-refractivity contribution in [3.63, 3.8) is 0 Å². The Bertz CT molecular complexity index is 1200. The van der Waals surface area contributed by atoms with Crippen molar-refractivity contribution in [3.05, 3.63) is 71.8 Å². The third-order valence-electron chi connectivity index (χ3n) is 6.10. The highest BCUT2D eigenvalue weighted by molar-refractivity contribution is 7.26. The molecule has 0 unspecified atom stereocenters. The summed E-state index contributed by atoms with van der Waals surface area (Å²) in [4.78, 5) is 0. The molecular formula is C25H22F3NS. The molecule has 154 valence electrons. The molecule has 5 rings (SSSR count). The summed E-state index contributed by atoms with van der Waals surface area (Å²) in [6.45, 7) is 0. The Balaban J connectivity index is 1.61. The topological polar surface area (TPSA) is 12.0 Å². The summed E-state index contributed by atoms with van der Waals surface area (Å²) in [5.74, 6) is 0.542. The van der Waals surface area contributed by atoms with E-state index >= 15 is 0 Å². The van der Waals surface area contributed by atoms with Crippen LogP contribution >= 0.6 is 11.3 Å². The number of thiophene rings is 1. The maximum Gasteiger partial charge on any atom is 0.417 e. The van der Waals surface area contributed by atoms with Crippen LogP contribution in [0.4, 0.5) is 24.5 Å². The average molecular weight is 426 g/mol. The molecule has 0 atom stereocenters. The molecule has 0 amide bonds. The monoisotopic (exact) mass is 425 g/mol. The van der Waals surface area contributed by atoms with Crippen molar-refractivity contribution in [1.82, 2.24) is 0 Å². The first-order valence-electron chi connectivity index (χ1n) is 10.4. The van der Waals surface area contributed by atoms with Gasteiger partial charge in [0.15, 0.2) is 0 Å². The van der Waals surface area contributed by atoms with E-state index in [9.17, 15) is 13.2 Å². The Hall–Kier alpha value is -2.53. The van der Waals surface area contributed by atoms with Crippen molar-refractivity contribution in [2.45, 2.75) is 44.2 Å². The van der Waals surface area contributed by atoms with E-state index in [4.69, 9.17) is 0 Å². The Morgan fingerprint density at radius 3 is 2.17 bits per heavy atom. The summed E-state index contributed by atoms with van der Waals surface area (Å²) in [5, 5.41) is 5.08. The van der Waals surface area contributed by atoms with E-state index in [1.807, 2.05) is 24.3 Å². The zero-order chi connectivity index (χ0) is 20.7. The van der Waals surface area contributed by atoms with Crippen molar-refractivity contribution in [2.24, 2.45) is 0 Å². The molecule has 0 aliphatic heterocycles. The van der Waals surface area contributed by atoms with Gasteiger partial charge in [-0.3, -0.25) is 0 Å². The SMILES string of the molecule is FC(F)(F)c1cccc2c1sc1c(Nc3ccccc3C3CCCCC3)cccc12. The van der Waals surface area contributed by atoms with Gasteiger partial charge in [0.25, 0.3) is 0 Å². The molecule has 0 bridgehead atoms. The summed E-state index contributed by atoms with van der Waals surface area (Å²) in [5.41, 5.74) is 2.68. The van der Waals surface area contributed by atoms with E-state index in [1.54, 1.807) is 6.07 Å². The van der Waals surface area contributed by atoms with Crippen LogP contribution in [0, 0.1) is 0 Å². The van der Waals surface area contributed by atoms with Crippen molar-refractivity contribution >= 4 is 42.9 Å². The molecule has 0 radical (unpaired) electrons. The highest BCUT2D eigenvalue weighted by Crippen LogP contribution is 2.45. The number of hydrogen-bond acceptors (Lipinski definition) is 2. The Labute approximate surface area is 177 Å². The van der Waals surface area contributed by atoms with Gasteiger partial charge in [-0.1, -0.05) is 61.7 Å². The van der Waals surface area contributed by atoms with Gasteiger partial charge in [0.1, 0.15) is 0 Å². The van der Waals surface area contributed by atoms with Crippen LogP contribution in [0.25, 0.3) is 20.2 Å². The van der Waals surface area contributed by atoms with Gasteiger partial charge >= 0.3 is 6.18 Å². The summed E-state index contributed by atoms with van der Waals surface area (Å²) in [6.07, 6.45) is 1.84. The summed E-state index contributed by atoms with van der Waals surface area (Å²) in [7, 11) is 0. The number of nitrogens with one attached hydrogen (secondary N) is 1. The lowest BCUT2D eigenvalue weighted by molar-refractivity contribution is -0.136. The molecule has 1 N–H and O–H groups in total. The normalized spacial score (nSPS) is 15.7. The standard InChI is InChI=1S/C25H22F3NS/c26-25(27,28)20-13-6-11-18-19-12-7-15-22(24(19)30-23(18)20)29-21-14-5-4-10-17(21)16-8-2-1-3-9-16/h4-7,10-16,29H,1-3,8-9H2. The van der Waals surface area contributed by atoms with Crippen LogP contribution in [0.15, 0.2) is 60.7 Å². The van der Waals surface area contributed by atoms with Gasteiger partial charge in [0, 0.05) is 21.2 Å². The number of halogens is 3. The van der Waals surface area contributed by atoms with Crippen molar-refractivity contribution in [2.75, 3.05) is 5.32 Å². The fraction of sp³-hybridized carbons (Fsp3) is 0.280.